The van der Waals surface area contributed by atoms with Gasteiger partial charge in [0, 0.05) is 12.4 Å². The van der Waals surface area contributed by atoms with Crippen molar-refractivity contribution in [3.05, 3.63) is 36.4 Å². The third-order valence-electron chi connectivity index (χ3n) is 2.49. The number of para-hydroxylation sites is 1. The van der Waals surface area contributed by atoms with E-state index in [0.29, 0.717) is 5.52 Å². The molecule has 1 amide bonds. The quantitative estimate of drug-likeness (QED) is 0.887. The average Bonchev–Trinajstić information content (AvgIpc) is 2.37. The predicted molar refractivity (Wildman–Crippen MR) is 67.9 cm³/mol. The second-order valence-electron chi connectivity index (χ2n) is 3.77. The predicted octanol–water partition coefficient (Wildman–Crippen LogP) is 0.754. The number of hydrogen-bond donors (Lipinski definition) is 1. The minimum absolute atomic E-state index is 0.0789. The number of aromatic nitrogens is 1. The Morgan fingerprint density at radius 1 is 1.22 bits per heavy atom. The van der Waals surface area contributed by atoms with Gasteiger partial charge in [-0.05, 0) is 18.2 Å². The fourth-order valence-corrected chi connectivity index (χ4v) is 2.69. The zero-order chi connectivity index (χ0) is 13.2. The molecule has 2 aromatic rings. The lowest BCUT2D eigenvalue weighted by Gasteiger charge is -2.04. The van der Waals surface area contributed by atoms with Crippen LogP contribution in [0.25, 0.3) is 10.9 Å². The highest BCUT2D eigenvalue weighted by Gasteiger charge is 2.20. The van der Waals surface area contributed by atoms with E-state index < -0.39 is 21.5 Å². The van der Waals surface area contributed by atoms with E-state index in [1.54, 1.807) is 18.2 Å². The third kappa shape index (κ3) is 2.48. The highest BCUT2D eigenvalue weighted by Crippen LogP contribution is 2.15. The van der Waals surface area contributed by atoms with Crippen LogP contribution < -0.4 is 5.32 Å². The molecule has 0 aliphatic carbocycles. The van der Waals surface area contributed by atoms with Gasteiger partial charge in [-0.3, -0.25) is 4.79 Å². The van der Waals surface area contributed by atoms with Gasteiger partial charge in [0.1, 0.15) is 5.75 Å². The fraction of sp³-hybridized carbons (Fsp3) is 0.167. The van der Waals surface area contributed by atoms with E-state index >= 15 is 0 Å². The van der Waals surface area contributed by atoms with Gasteiger partial charge in [0.25, 0.3) is 0 Å². The summed E-state index contributed by atoms with van der Waals surface area (Å²) in [6.45, 7) is 0. The molecule has 0 aliphatic rings. The van der Waals surface area contributed by atoms with Crippen molar-refractivity contribution in [3.63, 3.8) is 0 Å². The van der Waals surface area contributed by atoms with Gasteiger partial charge in [-0.2, -0.15) is 0 Å². The van der Waals surface area contributed by atoms with Crippen LogP contribution in [0.15, 0.2) is 41.4 Å². The monoisotopic (exact) mass is 264 g/mol. The van der Waals surface area contributed by atoms with Gasteiger partial charge in [-0.15, -0.1) is 0 Å². The van der Waals surface area contributed by atoms with E-state index in [9.17, 15) is 13.2 Å². The van der Waals surface area contributed by atoms with Crippen molar-refractivity contribution in [1.29, 1.82) is 0 Å². The highest BCUT2D eigenvalue weighted by molar-refractivity contribution is 7.92. The van der Waals surface area contributed by atoms with Crippen molar-refractivity contribution in [3.8, 4) is 0 Å². The molecule has 6 heteroatoms. The second-order valence-corrected chi connectivity index (χ2v) is 5.71. The second kappa shape index (κ2) is 4.73. The van der Waals surface area contributed by atoms with Crippen molar-refractivity contribution in [1.82, 2.24) is 10.3 Å². The molecule has 1 N–H and O–H groups in total. The first kappa shape index (κ1) is 12.5. The van der Waals surface area contributed by atoms with Gasteiger partial charge in [0.05, 0.1) is 5.52 Å². The molecule has 0 unspecified atom stereocenters. The van der Waals surface area contributed by atoms with Crippen LogP contribution in [0, 0.1) is 0 Å². The third-order valence-corrected chi connectivity index (χ3v) is 4.00. The number of nitrogens with one attached hydrogen (secondary N) is 1. The summed E-state index contributed by atoms with van der Waals surface area (Å²) in [6, 6.07) is 10.3. The van der Waals surface area contributed by atoms with Crippen molar-refractivity contribution >= 4 is 26.6 Å². The van der Waals surface area contributed by atoms with Crippen LogP contribution in [0.3, 0.4) is 0 Å². The van der Waals surface area contributed by atoms with E-state index in [1.807, 2.05) is 12.1 Å². The minimum Gasteiger partial charge on any atom is -0.358 e. The molecule has 0 fully saturated rings. The lowest BCUT2D eigenvalue weighted by molar-refractivity contribution is -0.118. The maximum Gasteiger partial charge on any atom is 0.235 e. The maximum absolute atomic E-state index is 11.9. The Kier molecular flexibility index (Phi) is 3.29. The molecule has 5 nitrogen and oxygen atoms in total. The summed E-state index contributed by atoms with van der Waals surface area (Å²) in [7, 11) is -2.29. The molecule has 94 valence electrons. The Balaban J connectivity index is 2.45. The number of benzene rings is 1. The minimum atomic E-state index is -3.69. The van der Waals surface area contributed by atoms with Crippen LogP contribution in [-0.2, 0) is 14.6 Å². The number of carbonyl (C=O) groups excluding carboxylic acids is 1. The van der Waals surface area contributed by atoms with E-state index in [1.165, 1.54) is 13.1 Å². The molecule has 0 radical (unpaired) electrons. The van der Waals surface area contributed by atoms with E-state index in [0.717, 1.165) is 5.39 Å². The summed E-state index contributed by atoms with van der Waals surface area (Å²) in [4.78, 5) is 15.2. The van der Waals surface area contributed by atoms with Crippen LogP contribution in [0.4, 0.5) is 0 Å². The molecule has 0 saturated carbocycles. The Bertz CT molecular complexity index is 695. The summed E-state index contributed by atoms with van der Waals surface area (Å²) in [5.74, 6) is -1.14. The topological polar surface area (TPSA) is 76.1 Å². The van der Waals surface area contributed by atoms with Gasteiger partial charge in [-0.1, -0.05) is 18.2 Å². The molecule has 1 heterocycles. The molecule has 1 aromatic carbocycles. The Labute approximate surface area is 105 Å². The smallest absolute Gasteiger partial charge is 0.235 e. The van der Waals surface area contributed by atoms with Crippen molar-refractivity contribution in [2.24, 2.45) is 0 Å². The van der Waals surface area contributed by atoms with Gasteiger partial charge >= 0.3 is 0 Å². The summed E-state index contributed by atoms with van der Waals surface area (Å²) in [5, 5.41) is 3.06. The van der Waals surface area contributed by atoms with Gasteiger partial charge in [0.2, 0.25) is 15.7 Å². The van der Waals surface area contributed by atoms with Crippen molar-refractivity contribution in [2.75, 3.05) is 12.8 Å². The number of hydrogen-bond acceptors (Lipinski definition) is 4. The van der Waals surface area contributed by atoms with Gasteiger partial charge in [-0.25, -0.2) is 13.4 Å². The summed E-state index contributed by atoms with van der Waals surface area (Å²) in [5.41, 5.74) is 0.593. The van der Waals surface area contributed by atoms with Crippen molar-refractivity contribution < 1.29 is 13.2 Å². The number of nitrogens with zero attached hydrogens (tertiary/aromatic N) is 1. The number of sulfone groups is 1. The molecule has 0 spiro atoms. The number of carbonyl (C=O) groups is 1. The molecule has 0 bridgehead atoms. The Hall–Kier alpha value is -1.95. The average molecular weight is 264 g/mol. The van der Waals surface area contributed by atoms with Crippen molar-refractivity contribution in [2.45, 2.75) is 5.03 Å². The van der Waals surface area contributed by atoms with Crippen LogP contribution in [0.5, 0.6) is 0 Å². The van der Waals surface area contributed by atoms with Crippen LogP contribution in [0.2, 0.25) is 0 Å². The van der Waals surface area contributed by atoms with Crippen LogP contribution >= 0.6 is 0 Å². The van der Waals surface area contributed by atoms with E-state index in [2.05, 4.69) is 10.3 Å². The first-order chi connectivity index (χ1) is 8.53. The zero-order valence-electron chi connectivity index (χ0n) is 9.75. The normalized spacial score (nSPS) is 11.4. The molecule has 2 rings (SSSR count). The molecule has 0 saturated heterocycles. The first-order valence-electron chi connectivity index (χ1n) is 5.32. The molecule has 18 heavy (non-hydrogen) atoms. The zero-order valence-corrected chi connectivity index (χ0v) is 10.6. The van der Waals surface area contributed by atoms with Gasteiger partial charge in [0.15, 0.2) is 5.03 Å². The standard InChI is InChI=1S/C12H12N2O3S/c1-13-11(15)8-18(16,17)12-7-6-9-4-2-3-5-10(9)14-12/h2-7H,8H2,1H3,(H,13,15). The number of amides is 1. The maximum atomic E-state index is 11.9. The summed E-state index contributed by atoms with van der Waals surface area (Å²) < 4.78 is 23.8. The lowest BCUT2D eigenvalue weighted by Crippen LogP contribution is -2.27. The largest absolute Gasteiger partial charge is 0.358 e. The number of pyridine rings is 1. The Morgan fingerprint density at radius 2 is 1.94 bits per heavy atom. The van der Waals surface area contributed by atoms with Gasteiger partial charge < -0.3 is 5.32 Å². The van der Waals surface area contributed by atoms with Crippen LogP contribution in [-0.4, -0.2) is 32.1 Å². The number of fused-ring (bicyclic) bond motifs is 1. The fourth-order valence-electron chi connectivity index (χ4n) is 1.54. The molecular formula is C12H12N2O3S. The highest BCUT2D eigenvalue weighted by atomic mass is 32.2. The molecule has 0 aliphatic heterocycles. The van der Waals surface area contributed by atoms with E-state index in [-0.39, 0.29) is 5.03 Å². The SMILES string of the molecule is CNC(=O)CS(=O)(=O)c1ccc2ccccc2n1. The first-order valence-corrected chi connectivity index (χ1v) is 6.97. The Morgan fingerprint density at radius 3 is 2.67 bits per heavy atom. The molecular weight excluding hydrogens is 252 g/mol. The lowest BCUT2D eigenvalue weighted by atomic mass is 10.2. The number of rotatable bonds is 3. The van der Waals surface area contributed by atoms with Crippen LogP contribution in [0.1, 0.15) is 0 Å². The summed E-state index contributed by atoms with van der Waals surface area (Å²) >= 11 is 0. The summed E-state index contributed by atoms with van der Waals surface area (Å²) in [6.07, 6.45) is 0. The molecule has 1 aromatic heterocycles. The molecule has 0 atom stereocenters. The van der Waals surface area contributed by atoms with E-state index in [4.69, 9.17) is 0 Å².